The summed E-state index contributed by atoms with van der Waals surface area (Å²) in [6.07, 6.45) is 0. The number of anilines is 2. The third-order valence-corrected chi connectivity index (χ3v) is 4.46. The van der Waals surface area contributed by atoms with E-state index >= 15 is 0 Å². The molecule has 108 valence electrons. The molecule has 7 nitrogen and oxygen atoms in total. The van der Waals surface area contributed by atoms with Crippen LogP contribution in [0, 0.1) is 13.8 Å². The first kappa shape index (κ1) is 14.2. The zero-order chi connectivity index (χ0) is 14.9. The molecular formula is C12H16N4O3S. The number of nitrogen functional groups attached to an aromatic ring is 1. The van der Waals surface area contributed by atoms with Crippen LogP contribution in [0.2, 0.25) is 0 Å². The first-order chi connectivity index (χ1) is 9.35. The third-order valence-electron chi connectivity index (χ3n) is 2.83. The molecule has 0 atom stereocenters. The predicted molar refractivity (Wildman–Crippen MR) is 76.3 cm³/mol. The van der Waals surface area contributed by atoms with Crippen molar-refractivity contribution in [2.45, 2.75) is 18.7 Å². The second-order valence-corrected chi connectivity index (χ2v) is 5.94. The van der Waals surface area contributed by atoms with Crippen LogP contribution in [0.4, 0.5) is 11.4 Å². The Labute approximate surface area is 117 Å². The van der Waals surface area contributed by atoms with Crippen molar-refractivity contribution in [2.24, 2.45) is 0 Å². The molecule has 1 heterocycles. The molecule has 2 aromatic rings. The largest absolute Gasteiger partial charge is 0.497 e. The Morgan fingerprint density at radius 3 is 2.60 bits per heavy atom. The number of benzene rings is 1. The van der Waals surface area contributed by atoms with Crippen LogP contribution >= 0.6 is 0 Å². The van der Waals surface area contributed by atoms with Gasteiger partial charge in [-0.3, -0.25) is 9.82 Å². The van der Waals surface area contributed by atoms with Gasteiger partial charge in [-0.05, 0) is 26.0 Å². The Morgan fingerprint density at radius 1 is 1.35 bits per heavy atom. The minimum absolute atomic E-state index is 0.125. The van der Waals surface area contributed by atoms with E-state index in [1.807, 2.05) is 0 Å². The van der Waals surface area contributed by atoms with E-state index in [2.05, 4.69) is 14.9 Å². The molecule has 0 fully saturated rings. The summed E-state index contributed by atoms with van der Waals surface area (Å²) in [6, 6.07) is 4.75. The highest BCUT2D eigenvalue weighted by atomic mass is 32.2. The number of methoxy groups -OCH3 is 1. The molecule has 1 aromatic heterocycles. The van der Waals surface area contributed by atoms with Crippen molar-refractivity contribution >= 4 is 21.4 Å². The Balaban J connectivity index is 2.43. The molecule has 20 heavy (non-hydrogen) atoms. The Bertz CT molecular complexity index is 718. The number of hydrogen-bond donors (Lipinski definition) is 3. The quantitative estimate of drug-likeness (QED) is 0.739. The lowest BCUT2D eigenvalue weighted by molar-refractivity contribution is 0.415. The van der Waals surface area contributed by atoms with Gasteiger partial charge in [0, 0.05) is 6.07 Å². The number of rotatable bonds is 4. The van der Waals surface area contributed by atoms with E-state index in [-0.39, 0.29) is 10.6 Å². The highest BCUT2D eigenvalue weighted by Crippen LogP contribution is 2.28. The molecule has 0 saturated carbocycles. The Hall–Kier alpha value is -2.22. The van der Waals surface area contributed by atoms with Gasteiger partial charge in [-0.15, -0.1) is 0 Å². The maximum atomic E-state index is 12.4. The van der Waals surface area contributed by atoms with Crippen LogP contribution in [0.3, 0.4) is 0 Å². The number of hydrogen-bond acceptors (Lipinski definition) is 5. The van der Waals surface area contributed by atoms with E-state index in [0.29, 0.717) is 22.8 Å². The number of H-pyrrole nitrogens is 1. The molecule has 8 heteroatoms. The van der Waals surface area contributed by atoms with Crippen LogP contribution in [0.25, 0.3) is 0 Å². The number of nitrogens with zero attached hydrogens (tertiary/aromatic N) is 1. The van der Waals surface area contributed by atoms with Crippen LogP contribution in [-0.4, -0.2) is 25.7 Å². The number of nitrogens with two attached hydrogens (primary N) is 1. The fourth-order valence-electron chi connectivity index (χ4n) is 1.88. The molecule has 1 aromatic carbocycles. The monoisotopic (exact) mass is 296 g/mol. The topological polar surface area (TPSA) is 110 Å². The minimum Gasteiger partial charge on any atom is -0.497 e. The summed E-state index contributed by atoms with van der Waals surface area (Å²) in [5.74, 6) is 0.512. The van der Waals surface area contributed by atoms with Crippen LogP contribution in [0.15, 0.2) is 23.1 Å². The summed E-state index contributed by atoms with van der Waals surface area (Å²) < 4.78 is 32.3. The van der Waals surface area contributed by atoms with Gasteiger partial charge in [0.1, 0.15) is 10.6 Å². The number of aromatic nitrogens is 2. The Kier molecular flexibility index (Phi) is 3.58. The van der Waals surface area contributed by atoms with E-state index in [1.165, 1.54) is 13.2 Å². The Morgan fingerprint density at radius 2 is 2.05 bits per heavy atom. The smallest absolute Gasteiger partial charge is 0.265 e. The minimum atomic E-state index is -3.76. The standard InChI is InChI=1S/C12H16N4O3S/c1-7-12(8(2)15-14-7)20(17,18)16-11-6-9(19-3)4-5-10(11)13/h4-6,16H,13H2,1-3H3,(H,14,15). The predicted octanol–water partition coefficient (Wildman–Crippen LogP) is 1.42. The third kappa shape index (κ3) is 2.55. The second kappa shape index (κ2) is 5.04. The number of sulfonamides is 1. The van der Waals surface area contributed by atoms with Crippen molar-refractivity contribution in [2.75, 3.05) is 17.6 Å². The lowest BCUT2D eigenvalue weighted by Crippen LogP contribution is -2.15. The molecule has 0 aliphatic carbocycles. The average Bonchev–Trinajstić information content (AvgIpc) is 2.72. The van der Waals surface area contributed by atoms with E-state index < -0.39 is 10.0 Å². The molecule has 2 rings (SSSR count). The van der Waals surface area contributed by atoms with Crippen molar-refractivity contribution in [1.29, 1.82) is 0 Å². The molecule has 0 unspecified atom stereocenters. The van der Waals surface area contributed by atoms with Crippen LogP contribution in [0.1, 0.15) is 11.4 Å². The molecule has 0 aliphatic rings. The van der Waals surface area contributed by atoms with Gasteiger partial charge in [-0.25, -0.2) is 8.42 Å². The van der Waals surface area contributed by atoms with E-state index in [4.69, 9.17) is 10.5 Å². The lowest BCUT2D eigenvalue weighted by atomic mass is 10.2. The van der Waals surface area contributed by atoms with Crippen LogP contribution in [0.5, 0.6) is 5.75 Å². The number of ether oxygens (including phenoxy) is 1. The van der Waals surface area contributed by atoms with Gasteiger partial charge in [0.2, 0.25) is 0 Å². The van der Waals surface area contributed by atoms with Crippen molar-refractivity contribution in [1.82, 2.24) is 10.2 Å². The fraction of sp³-hybridized carbons (Fsp3) is 0.250. The second-order valence-electron chi connectivity index (χ2n) is 4.32. The van der Waals surface area contributed by atoms with Crippen molar-refractivity contribution in [3.8, 4) is 5.75 Å². The van der Waals surface area contributed by atoms with Crippen LogP contribution < -0.4 is 15.2 Å². The van der Waals surface area contributed by atoms with Gasteiger partial charge in [-0.2, -0.15) is 5.10 Å². The first-order valence-corrected chi connectivity index (χ1v) is 7.31. The molecule has 0 bridgehead atoms. The summed E-state index contributed by atoms with van der Waals surface area (Å²) in [7, 11) is -2.26. The molecule has 0 spiro atoms. The van der Waals surface area contributed by atoms with E-state index in [0.717, 1.165) is 0 Å². The maximum Gasteiger partial charge on any atom is 0.265 e. The van der Waals surface area contributed by atoms with Crippen LogP contribution in [-0.2, 0) is 10.0 Å². The summed E-state index contributed by atoms with van der Waals surface area (Å²) in [5.41, 5.74) is 7.22. The van der Waals surface area contributed by atoms with Crippen molar-refractivity contribution in [3.05, 3.63) is 29.6 Å². The normalized spacial score (nSPS) is 11.3. The summed E-state index contributed by atoms with van der Waals surface area (Å²) >= 11 is 0. The summed E-state index contributed by atoms with van der Waals surface area (Å²) in [4.78, 5) is 0.125. The maximum absolute atomic E-state index is 12.4. The summed E-state index contributed by atoms with van der Waals surface area (Å²) in [6.45, 7) is 3.26. The van der Waals surface area contributed by atoms with Gasteiger partial charge >= 0.3 is 0 Å². The van der Waals surface area contributed by atoms with Crippen molar-refractivity contribution in [3.63, 3.8) is 0 Å². The lowest BCUT2D eigenvalue weighted by Gasteiger charge is -2.11. The average molecular weight is 296 g/mol. The molecule has 4 N–H and O–H groups in total. The number of aromatic amines is 1. The summed E-state index contributed by atoms with van der Waals surface area (Å²) in [5, 5.41) is 6.52. The molecule has 0 aliphatic heterocycles. The first-order valence-electron chi connectivity index (χ1n) is 5.83. The molecule has 0 amide bonds. The molecular weight excluding hydrogens is 280 g/mol. The van der Waals surface area contributed by atoms with Crippen molar-refractivity contribution < 1.29 is 13.2 Å². The van der Waals surface area contributed by atoms with Gasteiger partial charge in [0.05, 0.1) is 29.9 Å². The number of nitrogens with one attached hydrogen (secondary N) is 2. The highest BCUT2D eigenvalue weighted by molar-refractivity contribution is 7.92. The molecule has 0 saturated heterocycles. The SMILES string of the molecule is COc1ccc(N)c(NS(=O)(=O)c2c(C)n[nH]c2C)c1. The van der Waals surface area contributed by atoms with Gasteiger partial charge in [0.15, 0.2) is 0 Å². The van der Waals surface area contributed by atoms with Gasteiger partial charge in [-0.1, -0.05) is 0 Å². The molecule has 0 radical (unpaired) electrons. The van der Waals surface area contributed by atoms with E-state index in [1.54, 1.807) is 26.0 Å². The fourth-order valence-corrected chi connectivity index (χ4v) is 3.33. The zero-order valence-corrected chi connectivity index (χ0v) is 12.2. The number of aryl methyl sites for hydroxylation is 2. The highest BCUT2D eigenvalue weighted by Gasteiger charge is 2.23. The van der Waals surface area contributed by atoms with E-state index in [9.17, 15) is 8.42 Å². The van der Waals surface area contributed by atoms with Gasteiger partial charge in [0.25, 0.3) is 10.0 Å². The van der Waals surface area contributed by atoms with Gasteiger partial charge < -0.3 is 10.5 Å². The zero-order valence-electron chi connectivity index (χ0n) is 11.4.